The van der Waals surface area contributed by atoms with Crippen molar-refractivity contribution < 1.29 is 8.81 Å². The van der Waals surface area contributed by atoms with Crippen LogP contribution in [0.25, 0.3) is 71.9 Å². The average Bonchev–Trinajstić information content (AvgIpc) is 3.63. The zero-order valence-corrected chi connectivity index (χ0v) is 25.8. The molecule has 0 aliphatic carbocycles. The topological polar surface area (TPSA) is 31.0 Å². The predicted octanol–water partition coefficient (Wildman–Crippen LogP) is 11.8. The number of halogens is 1. The van der Waals surface area contributed by atoms with E-state index in [9.17, 15) is 4.39 Å². The van der Waals surface area contributed by atoms with Crippen LogP contribution in [0.3, 0.4) is 0 Å². The van der Waals surface area contributed by atoms with Gasteiger partial charge in [0.05, 0.1) is 22.3 Å². The monoisotopic (exact) mass is 588 g/mol. The molecule has 0 atom stereocenters. The van der Waals surface area contributed by atoms with Gasteiger partial charge in [-0.25, -0.2) is 9.37 Å². The van der Waals surface area contributed by atoms with Crippen molar-refractivity contribution in [3.63, 3.8) is 0 Å². The van der Waals surface area contributed by atoms with Crippen molar-refractivity contribution in [3.05, 3.63) is 132 Å². The minimum Gasteiger partial charge on any atom is -0.455 e. The van der Waals surface area contributed by atoms with Gasteiger partial charge in [0.1, 0.15) is 22.8 Å². The van der Waals surface area contributed by atoms with Gasteiger partial charge in [-0.15, -0.1) is 0 Å². The van der Waals surface area contributed by atoms with Crippen LogP contribution in [-0.2, 0) is 0 Å². The van der Waals surface area contributed by atoms with E-state index in [1.807, 2.05) is 24.3 Å². The van der Waals surface area contributed by atoms with Crippen molar-refractivity contribution in [1.29, 1.82) is 0 Å². The molecule has 2 heterocycles. The third-order valence-electron chi connectivity index (χ3n) is 8.99. The highest BCUT2D eigenvalue weighted by Crippen LogP contribution is 2.43. The SMILES string of the molecule is CC(C)c1cc(-c2ccccc2)cc(C(C)C)c1-n1c(-c2cccc3c2oc2c4ccc(F)cc4ccc32)nc2ccccc21. The Bertz CT molecular complexity index is 2370. The normalized spacial score (nSPS) is 12.1. The van der Waals surface area contributed by atoms with Crippen LogP contribution in [0, 0.1) is 5.82 Å². The van der Waals surface area contributed by atoms with E-state index in [4.69, 9.17) is 9.40 Å². The predicted molar refractivity (Wildman–Crippen MR) is 185 cm³/mol. The van der Waals surface area contributed by atoms with Crippen LogP contribution in [0.4, 0.5) is 4.39 Å². The summed E-state index contributed by atoms with van der Waals surface area (Å²) in [7, 11) is 0. The van der Waals surface area contributed by atoms with Gasteiger partial charge in [0, 0.05) is 16.2 Å². The van der Waals surface area contributed by atoms with Gasteiger partial charge in [0.25, 0.3) is 0 Å². The number of nitrogens with zero attached hydrogens (tertiary/aromatic N) is 2. The largest absolute Gasteiger partial charge is 0.455 e. The zero-order chi connectivity index (χ0) is 30.8. The molecule has 0 amide bonds. The Kier molecular flexibility index (Phi) is 6.35. The maximum Gasteiger partial charge on any atom is 0.149 e. The molecule has 0 radical (unpaired) electrons. The molecule has 3 nitrogen and oxygen atoms in total. The van der Waals surface area contributed by atoms with E-state index >= 15 is 0 Å². The third-order valence-corrected chi connectivity index (χ3v) is 8.99. The van der Waals surface area contributed by atoms with Gasteiger partial charge in [0.15, 0.2) is 0 Å². The number of hydrogen-bond donors (Lipinski definition) is 0. The van der Waals surface area contributed by atoms with Gasteiger partial charge in [-0.05, 0) is 94.1 Å². The number of imidazole rings is 1. The van der Waals surface area contributed by atoms with E-state index in [0.29, 0.717) is 0 Å². The summed E-state index contributed by atoms with van der Waals surface area (Å²) in [4.78, 5) is 5.29. The second-order valence-corrected chi connectivity index (χ2v) is 12.5. The van der Waals surface area contributed by atoms with Gasteiger partial charge in [0.2, 0.25) is 0 Å². The van der Waals surface area contributed by atoms with E-state index in [1.54, 1.807) is 6.07 Å². The summed E-state index contributed by atoms with van der Waals surface area (Å²) < 4.78 is 23.2. The third kappa shape index (κ3) is 4.35. The van der Waals surface area contributed by atoms with Gasteiger partial charge >= 0.3 is 0 Å². The molecule has 0 saturated heterocycles. The Morgan fingerprint density at radius 2 is 1.31 bits per heavy atom. The molecule has 45 heavy (non-hydrogen) atoms. The molecular formula is C41H33FN2O. The smallest absolute Gasteiger partial charge is 0.149 e. The number of para-hydroxylation sites is 3. The lowest BCUT2D eigenvalue weighted by molar-refractivity contribution is 0.629. The molecule has 0 saturated carbocycles. The van der Waals surface area contributed by atoms with Crippen LogP contribution in [0.1, 0.15) is 50.7 Å². The van der Waals surface area contributed by atoms with Crippen LogP contribution in [0.5, 0.6) is 0 Å². The second-order valence-electron chi connectivity index (χ2n) is 12.5. The standard InChI is InChI=1S/C41H33FN2O/c1-24(2)34-22-28(26-11-6-5-7-12-26)23-35(25(3)4)38(34)44-37-16-9-8-15-36(37)43-41(44)33-14-10-13-31-32-19-17-27-21-29(42)18-20-30(27)39(32)45-40(31)33/h5-25H,1-4H3. The Morgan fingerprint density at radius 1 is 0.622 bits per heavy atom. The molecule has 220 valence electrons. The first-order valence-electron chi connectivity index (χ1n) is 15.6. The molecule has 8 aromatic rings. The second kappa shape index (κ2) is 10.4. The number of hydrogen-bond acceptors (Lipinski definition) is 2. The molecule has 0 aliphatic heterocycles. The summed E-state index contributed by atoms with van der Waals surface area (Å²) in [5.74, 6) is 1.12. The van der Waals surface area contributed by atoms with E-state index in [1.165, 1.54) is 34.0 Å². The summed E-state index contributed by atoms with van der Waals surface area (Å²) in [5.41, 5.74) is 10.6. The molecule has 0 bridgehead atoms. The Hall–Kier alpha value is -5.22. The number of benzene rings is 6. The molecule has 0 fully saturated rings. The highest BCUT2D eigenvalue weighted by atomic mass is 19.1. The average molecular weight is 589 g/mol. The first-order valence-corrected chi connectivity index (χ1v) is 15.6. The van der Waals surface area contributed by atoms with E-state index in [0.717, 1.165) is 55.1 Å². The summed E-state index contributed by atoms with van der Waals surface area (Å²) in [6, 6.07) is 38.8. The minimum absolute atomic E-state index is 0.257. The van der Waals surface area contributed by atoms with Gasteiger partial charge in [-0.3, -0.25) is 4.57 Å². The highest BCUT2D eigenvalue weighted by molar-refractivity contribution is 6.17. The molecule has 4 heteroatoms. The highest BCUT2D eigenvalue weighted by Gasteiger charge is 2.25. The molecule has 0 unspecified atom stereocenters. The Balaban J connectivity index is 1.47. The molecule has 6 aromatic carbocycles. The van der Waals surface area contributed by atoms with Crippen LogP contribution >= 0.6 is 0 Å². The molecule has 2 aromatic heterocycles. The lowest BCUT2D eigenvalue weighted by Gasteiger charge is -2.24. The van der Waals surface area contributed by atoms with Crippen LogP contribution in [0.2, 0.25) is 0 Å². The Morgan fingerprint density at radius 3 is 2.07 bits per heavy atom. The first-order chi connectivity index (χ1) is 21.9. The number of furan rings is 1. The fourth-order valence-corrected chi connectivity index (χ4v) is 6.78. The lowest BCUT2D eigenvalue weighted by Crippen LogP contribution is -2.09. The molecule has 0 N–H and O–H groups in total. The summed E-state index contributed by atoms with van der Waals surface area (Å²) in [5, 5.41) is 3.73. The summed E-state index contributed by atoms with van der Waals surface area (Å²) >= 11 is 0. The lowest BCUT2D eigenvalue weighted by atomic mass is 9.88. The maximum atomic E-state index is 14.1. The van der Waals surface area contributed by atoms with E-state index in [2.05, 4.69) is 111 Å². The summed E-state index contributed by atoms with van der Waals surface area (Å²) in [6.45, 7) is 9.07. The van der Waals surface area contributed by atoms with E-state index in [-0.39, 0.29) is 17.7 Å². The van der Waals surface area contributed by atoms with Crippen LogP contribution < -0.4 is 0 Å². The van der Waals surface area contributed by atoms with Gasteiger partial charge in [-0.2, -0.15) is 0 Å². The quantitative estimate of drug-likeness (QED) is 0.200. The fraction of sp³-hybridized carbons (Fsp3) is 0.146. The van der Waals surface area contributed by atoms with Crippen molar-refractivity contribution in [2.45, 2.75) is 39.5 Å². The molecule has 0 aliphatic rings. The van der Waals surface area contributed by atoms with Crippen molar-refractivity contribution in [1.82, 2.24) is 9.55 Å². The van der Waals surface area contributed by atoms with Crippen molar-refractivity contribution in [3.8, 4) is 28.2 Å². The Labute approximate surface area is 261 Å². The number of aromatic nitrogens is 2. The maximum absolute atomic E-state index is 14.1. The molecule has 0 spiro atoms. The molecule has 8 rings (SSSR count). The van der Waals surface area contributed by atoms with Gasteiger partial charge in [-0.1, -0.05) is 88.4 Å². The number of rotatable bonds is 5. The minimum atomic E-state index is -0.257. The fourth-order valence-electron chi connectivity index (χ4n) is 6.78. The first kappa shape index (κ1) is 27.3. The summed E-state index contributed by atoms with van der Waals surface area (Å²) in [6.07, 6.45) is 0. The van der Waals surface area contributed by atoms with Gasteiger partial charge < -0.3 is 4.42 Å². The van der Waals surface area contributed by atoms with Crippen molar-refractivity contribution >= 4 is 43.7 Å². The number of fused-ring (bicyclic) bond motifs is 6. The zero-order valence-electron chi connectivity index (χ0n) is 25.8. The van der Waals surface area contributed by atoms with Crippen LogP contribution in [0.15, 0.2) is 120 Å². The van der Waals surface area contributed by atoms with E-state index < -0.39 is 0 Å². The van der Waals surface area contributed by atoms with Crippen molar-refractivity contribution in [2.24, 2.45) is 0 Å². The van der Waals surface area contributed by atoms with Crippen molar-refractivity contribution in [2.75, 3.05) is 0 Å². The van der Waals surface area contributed by atoms with Crippen LogP contribution in [-0.4, -0.2) is 9.55 Å². The molecular weight excluding hydrogens is 555 g/mol.